The van der Waals surface area contributed by atoms with E-state index in [1.807, 2.05) is 0 Å². The van der Waals surface area contributed by atoms with Crippen molar-refractivity contribution in [1.82, 2.24) is 0 Å². The maximum atomic E-state index is 12.0. The number of hydrogen-bond acceptors (Lipinski definition) is 4. The summed E-state index contributed by atoms with van der Waals surface area (Å²) in [6, 6.07) is 9.74. The Labute approximate surface area is 184 Å². The van der Waals surface area contributed by atoms with Crippen molar-refractivity contribution < 1.29 is 9.53 Å². The second kappa shape index (κ2) is 11.4. The van der Waals surface area contributed by atoms with Crippen molar-refractivity contribution in [3.05, 3.63) is 67.6 Å². The van der Waals surface area contributed by atoms with E-state index in [2.05, 4.69) is 9.98 Å². The van der Waals surface area contributed by atoms with E-state index < -0.39 is 12.0 Å². The number of carbonyl (C=O) groups excluding carboxylic acids is 1. The van der Waals surface area contributed by atoms with Crippen LogP contribution in [-0.2, 0) is 9.53 Å². The molecular weight excluding hydrogens is 442 g/mol. The van der Waals surface area contributed by atoms with Gasteiger partial charge in [-0.05, 0) is 37.1 Å². The Kier molecular flexibility index (Phi) is 9.26. The van der Waals surface area contributed by atoms with Crippen molar-refractivity contribution >= 4 is 64.8 Å². The quantitative estimate of drug-likeness (QED) is 0.269. The van der Waals surface area contributed by atoms with Gasteiger partial charge in [-0.1, -0.05) is 58.5 Å². The van der Waals surface area contributed by atoms with Gasteiger partial charge in [-0.2, -0.15) is 0 Å². The predicted molar refractivity (Wildman–Crippen MR) is 118 cm³/mol. The van der Waals surface area contributed by atoms with Crippen LogP contribution in [-0.4, -0.2) is 38.1 Å². The lowest BCUT2D eigenvalue weighted by molar-refractivity contribution is -0.142. The van der Waals surface area contributed by atoms with Crippen molar-refractivity contribution in [3.63, 3.8) is 0 Å². The highest BCUT2D eigenvalue weighted by molar-refractivity contribution is 6.39. The number of rotatable bonds is 8. The van der Waals surface area contributed by atoms with E-state index in [-0.39, 0.29) is 0 Å². The van der Waals surface area contributed by atoms with Gasteiger partial charge in [-0.25, -0.2) is 4.79 Å². The molecule has 148 valence electrons. The van der Waals surface area contributed by atoms with Gasteiger partial charge in [-0.3, -0.25) is 9.98 Å². The Bertz CT molecular complexity index is 844. The molecule has 0 N–H and O–H groups in total. The molecule has 0 spiro atoms. The van der Waals surface area contributed by atoms with Crippen LogP contribution < -0.4 is 0 Å². The minimum absolute atomic E-state index is 0.433. The summed E-state index contributed by atoms with van der Waals surface area (Å²) in [5.41, 5.74) is 1.23. The summed E-state index contributed by atoms with van der Waals surface area (Å²) in [4.78, 5) is 20.6. The first-order chi connectivity index (χ1) is 13.4. The summed E-state index contributed by atoms with van der Waals surface area (Å²) in [5, 5.41) is 1.98. The molecule has 0 heterocycles. The van der Waals surface area contributed by atoms with E-state index >= 15 is 0 Å². The second-order valence-corrected chi connectivity index (χ2v) is 7.39. The van der Waals surface area contributed by atoms with E-state index in [9.17, 15) is 4.79 Å². The number of nitrogens with zero attached hydrogens (tertiary/aromatic N) is 2. The fraction of sp³-hybridized carbons (Fsp3) is 0.250. The van der Waals surface area contributed by atoms with E-state index in [0.717, 1.165) is 0 Å². The molecule has 28 heavy (non-hydrogen) atoms. The van der Waals surface area contributed by atoms with E-state index in [0.29, 0.717) is 50.6 Å². The van der Waals surface area contributed by atoms with Crippen molar-refractivity contribution in [3.8, 4) is 0 Å². The number of halogens is 4. The van der Waals surface area contributed by atoms with Crippen LogP contribution in [0.1, 0.15) is 24.0 Å². The largest absolute Gasteiger partial charge is 0.467 e. The van der Waals surface area contributed by atoms with Crippen LogP contribution in [0, 0.1) is 0 Å². The zero-order chi connectivity index (χ0) is 20.5. The fourth-order valence-electron chi connectivity index (χ4n) is 2.35. The van der Waals surface area contributed by atoms with Crippen LogP contribution in [0.5, 0.6) is 0 Å². The number of hydrogen-bond donors (Lipinski definition) is 0. The summed E-state index contributed by atoms with van der Waals surface area (Å²) in [6.45, 7) is 0.484. The molecular formula is C20H18Cl4N2O2. The van der Waals surface area contributed by atoms with Crippen molar-refractivity contribution in [1.29, 1.82) is 0 Å². The van der Waals surface area contributed by atoms with Gasteiger partial charge in [0.05, 0.1) is 27.2 Å². The summed E-state index contributed by atoms with van der Waals surface area (Å²) in [7, 11) is 1.32. The Morgan fingerprint density at radius 2 is 1.46 bits per heavy atom. The lowest BCUT2D eigenvalue weighted by Gasteiger charge is -2.10. The molecule has 1 atom stereocenters. The molecule has 0 fully saturated rings. The molecule has 0 aliphatic rings. The normalized spacial score (nSPS) is 12.6. The third kappa shape index (κ3) is 6.49. The van der Waals surface area contributed by atoms with Crippen molar-refractivity contribution in [2.45, 2.75) is 18.9 Å². The molecule has 0 saturated heterocycles. The molecule has 2 aromatic rings. The van der Waals surface area contributed by atoms with Gasteiger partial charge in [-0.15, -0.1) is 0 Å². The summed E-state index contributed by atoms with van der Waals surface area (Å²) >= 11 is 24.4. The highest BCUT2D eigenvalue weighted by Crippen LogP contribution is 2.23. The average Bonchev–Trinajstić information content (AvgIpc) is 2.67. The first-order valence-corrected chi connectivity index (χ1v) is 9.94. The highest BCUT2D eigenvalue weighted by atomic mass is 35.5. The molecule has 2 rings (SSSR count). The van der Waals surface area contributed by atoms with E-state index in [1.165, 1.54) is 13.3 Å². The monoisotopic (exact) mass is 458 g/mol. The van der Waals surface area contributed by atoms with E-state index in [4.69, 9.17) is 51.1 Å². The summed E-state index contributed by atoms with van der Waals surface area (Å²) in [6.07, 6.45) is 4.20. The number of esters is 1. The van der Waals surface area contributed by atoms with Gasteiger partial charge in [0.15, 0.2) is 0 Å². The van der Waals surface area contributed by atoms with Crippen LogP contribution in [0.2, 0.25) is 20.1 Å². The first kappa shape index (κ1) is 22.7. The third-order valence-electron chi connectivity index (χ3n) is 3.84. The standard InChI is InChI=1S/C20H18Cl4N2O2/c1-28-20(27)19(26-12-14-17(23)7-3-8-18(14)24)9-4-10-25-11-13-15(21)5-2-6-16(13)22/h2-3,5-8,11-12,19H,4,9-10H2,1H3/t19-/m0/s1. The van der Waals surface area contributed by atoms with Gasteiger partial charge in [0, 0.05) is 30.1 Å². The molecule has 0 saturated carbocycles. The molecule has 0 aliphatic heterocycles. The van der Waals surface area contributed by atoms with Crippen molar-refractivity contribution in [2.75, 3.05) is 13.7 Å². The molecule has 0 radical (unpaired) electrons. The zero-order valence-electron chi connectivity index (χ0n) is 15.0. The molecule has 0 amide bonds. The summed E-state index contributed by atoms with van der Waals surface area (Å²) in [5.74, 6) is -0.433. The van der Waals surface area contributed by atoms with Gasteiger partial charge in [0.2, 0.25) is 0 Å². The third-order valence-corrected chi connectivity index (χ3v) is 5.16. The molecule has 8 heteroatoms. The number of aliphatic imine (C=N–C) groups is 2. The second-order valence-electron chi connectivity index (χ2n) is 5.77. The van der Waals surface area contributed by atoms with Gasteiger partial charge >= 0.3 is 5.97 Å². The van der Waals surface area contributed by atoms with Crippen LogP contribution in [0.3, 0.4) is 0 Å². The lowest BCUT2D eigenvalue weighted by Crippen LogP contribution is -2.20. The highest BCUT2D eigenvalue weighted by Gasteiger charge is 2.17. The number of ether oxygens (including phenoxy) is 1. The van der Waals surface area contributed by atoms with Gasteiger partial charge in [0.1, 0.15) is 6.04 Å². The Morgan fingerprint density at radius 3 is 1.96 bits per heavy atom. The van der Waals surface area contributed by atoms with E-state index in [1.54, 1.807) is 42.6 Å². The Balaban J connectivity index is 1.98. The molecule has 0 unspecified atom stereocenters. The number of methoxy groups -OCH3 is 1. The number of carbonyl (C=O) groups is 1. The average molecular weight is 460 g/mol. The minimum Gasteiger partial charge on any atom is -0.467 e. The van der Waals surface area contributed by atoms with Crippen LogP contribution in [0.15, 0.2) is 46.4 Å². The smallest absolute Gasteiger partial charge is 0.330 e. The van der Waals surface area contributed by atoms with Gasteiger partial charge < -0.3 is 4.74 Å². The number of benzene rings is 2. The molecule has 2 aromatic carbocycles. The predicted octanol–water partition coefficient (Wildman–Crippen LogP) is 6.16. The molecule has 4 nitrogen and oxygen atoms in total. The first-order valence-electron chi connectivity index (χ1n) is 8.43. The maximum absolute atomic E-state index is 12.0. The fourth-order valence-corrected chi connectivity index (χ4v) is 3.34. The molecule has 0 bridgehead atoms. The van der Waals surface area contributed by atoms with Crippen LogP contribution in [0.25, 0.3) is 0 Å². The SMILES string of the molecule is COC(=O)[C@H](CCCN=Cc1c(Cl)cccc1Cl)N=Cc1c(Cl)cccc1Cl. The Morgan fingerprint density at radius 1 is 0.964 bits per heavy atom. The Hall–Kier alpha value is -1.59. The maximum Gasteiger partial charge on any atom is 0.330 e. The van der Waals surface area contributed by atoms with Crippen LogP contribution >= 0.6 is 46.4 Å². The topological polar surface area (TPSA) is 51.0 Å². The van der Waals surface area contributed by atoms with Crippen LogP contribution in [0.4, 0.5) is 0 Å². The van der Waals surface area contributed by atoms with Gasteiger partial charge in [0.25, 0.3) is 0 Å². The minimum atomic E-state index is -0.670. The summed E-state index contributed by atoms with van der Waals surface area (Å²) < 4.78 is 4.83. The lowest BCUT2D eigenvalue weighted by atomic mass is 10.1. The molecule has 0 aromatic heterocycles. The zero-order valence-corrected chi connectivity index (χ0v) is 18.1. The molecule has 0 aliphatic carbocycles. The van der Waals surface area contributed by atoms with Crippen molar-refractivity contribution in [2.24, 2.45) is 9.98 Å².